The van der Waals surface area contributed by atoms with Crippen molar-refractivity contribution in [3.8, 4) is 0 Å². The molecule has 0 saturated carbocycles. The molecule has 1 aliphatic heterocycles. The van der Waals surface area contributed by atoms with Gasteiger partial charge in [-0.3, -0.25) is 0 Å². The second kappa shape index (κ2) is 7.14. The van der Waals surface area contributed by atoms with Crippen molar-refractivity contribution in [2.45, 2.75) is 52.2 Å². The molecule has 4 nitrogen and oxygen atoms in total. The van der Waals surface area contributed by atoms with Crippen molar-refractivity contribution in [3.63, 3.8) is 0 Å². The molecule has 22 heavy (non-hydrogen) atoms. The van der Waals surface area contributed by atoms with Gasteiger partial charge in [0.1, 0.15) is 5.60 Å². The smallest absolute Gasteiger partial charge is 0.410 e. The normalized spacial score (nSPS) is 16.6. The van der Waals surface area contributed by atoms with Gasteiger partial charge in [0.25, 0.3) is 0 Å². The van der Waals surface area contributed by atoms with Crippen LogP contribution in [-0.4, -0.2) is 29.7 Å². The molecule has 1 amide bonds. The molecule has 0 atom stereocenters. The van der Waals surface area contributed by atoms with E-state index in [4.69, 9.17) is 10.5 Å². The van der Waals surface area contributed by atoms with Crippen LogP contribution in [0.1, 0.15) is 44.7 Å². The van der Waals surface area contributed by atoms with Crippen LogP contribution in [0.2, 0.25) is 0 Å². The van der Waals surface area contributed by atoms with Gasteiger partial charge in [-0.2, -0.15) is 0 Å². The first-order valence-corrected chi connectivity index (χ1v) is 8.13. The molecule has 0 unspecified atom stereocenters. The van der Waals surface area contributed by atoms with Crippen LogP contribution in [0.25, 0.3) is 0 Å². The van der Waals surface area contributed by atoms with Crippen LogP contribution in [0.3, 0.4) is 0 Å². The summed E-state index contributed by atoms with van der Waals surface area (Å²) in [7, 11) is 0. The molecule has 0 radical (unpaired) electrons. The standard InChI is InChI=1S/C18H28N2O2/c1-18(2,3)22-17(21)20-9-7-14(8-10-20)11-15-5-4-6-16(12-15)13-19/h4-6,12,14H,7-11,13,19H2,1-3H3. The number of nitrogens with two attached hydrogens (primary N) is 1. The Kier molecular flexibility index (Phi) is 5.46. The third-order valence-electron chi connectivity index (χ3n) is 4.02. The van der Waals surface area contributed by atoms with Crippen LogP contribution in [0.5, 0.6) is 0 Å². The van der Waals surface area contributed by atoms with E-state index < -0.39 is 5.60 Å². The largest absolute Gasteiger partial charge is 0.444 e. The van der Waals surface area contributed by atoms with Gasteiger partial charge in [0.05, 0.1) is 0 Å². The summed E-state index contributed by atoms with van der Waals surface area (Å²) in [6.45, 7) is 7.88. The van der Waals surface area contributed by atoms with Crippen molar-refractivity contribution >= 4 is 6.09 Å². The number of piperidine rings is 1. The molecule has 1 aromatic rings. The number of ether oxygens (including phenoxy) is 1. The molecule has 2 rings (SSSR count). The van der Waals surface area contributed by atoms with Gasteiger partial charge in [0.15, 0.2) is 0 Å². The second-order valence-electron chi connectivity index (χ2n) is 7.14. The van der Waals surface area contributed by atoms with E-state index in [1.54, 1.807) is 0 Å². The molecule has 122 valence electrons. The molecule has 4 heteroatoms. The summed E-state index contributed by atoms with van der Waals surface area (Å²) < 4.78 is 5.43. The van der Waals surface area contributed by atoms with Crippen molar-refractivity contribution < 1.29 is 9.53 Å². The van der Waals surface area contributed by atoms with Crippen LogP contribution >= 0.6 is 0 Å². The Balaban J connectivity index is 1.83. The zero-order valence-corrected chi connectivity index (χ0v) is 14.0. The van der Waals surface area contributed by atoms with Crippen molar-refractivity contribution in [3.05, 3.63) is 35.4 Å². The Bertz CT molecular complexity index is 500. The van der Waals surface area contributed by atoms with Gasteiger partial charge in [-0.25, -0.2) is 4.79 Å². The third kappa shape index (κ3) is 5.02. The maximum Gasteiger partial charge on any atom is 0.410 e. The van der Waals surface area contributed by atoms with E-state index in [2.05, 4.69) is 24.3 Å². The highest BCUT2D eigenvalue weighted by Crippen LogP contribution is 2.23. The fraction of sp³-hybridized carbons (Fsp3) is 0.611. The minimum Gasteiger partial charge on any atom is -0.444 e. The van der Waals surface area contributed by atoms with Gasteiger partial charge in [0.2, 0.25) is 0 Å². The van der Waals surface area contributed by atoms with E-state index in [-0.39, 0.29) is 6.09 Å². The highest BCUT2D eigenvalue weighted by Gasteiger charge is 2.26. The first-order chi connectivity index (χ1) is 10.4. The molecule has 1 aromatic carbocycles. The highest BCUT2D eigenvalue weighted by molar-refractivity contribution is 5.68. The topological polar surface area (TPSA) is 55.6 Å². The summed E-state index contributed by atoms with van der Waals surface area (Å²) in [4.78, 5) is 13.9. The maximum absolute atomic E-state index is 12.1. The number of likely N-dealkylation sites (tertiary alicyclic amines) is 1. The highest BCUT2D eigenvalue weighted by atomic mass is 16.6. The molecular formula is C18H28N2O2. The number of carbonyl (C=O) groups is 1. The van der Waals surface area contributed by atoms with E-state index in [1.165, 1.54) is 11.1 Å². The van der Waals surface area contributed by atoms with Crippen molar-refractivity contribution in [1.29, 1.82) is 0 Å². The van der Waals surface area contributed by atoms with Gasteiger partial charge in [-0.15, -0.1) is 0 Å². The third-order valence-corrected chi connectivity index (χ3v) is 4.02. The number of rotatable bonds is 3. The fourth-order valence-corrected chi connectivity index (χ4v) is 2.86. The van der Waals surface area contributed by atoms with Gasteiger partial charge >= 0.3 is 6.09 Å². The molecule has 1 aliphatic rings. The second-order valence-corrected chi connectivity index (χ2v) is 7.14. The first kappa shape index (κ1) is 16.8. The van der Waals surface area contributed by atoms with Crippen molar-refractivity contribution in [2.24, 2.45) is 11.7 Å². The molecule has 0 aromatic heterocycles. The summed E-state index contributed by atoms with van der Waals surface area (Å²) in [5, 5.41) is 0. The Hall–Kier alpha value is -1.55. The number of benzene rings is 1. The van der Waals surface area contributed by atoms with Crippen molar-refractivity contribution in [1.82, 2.24) is 4.90 Å². The zero-order valence-electron chi connectivity index (χ0n) is 14.0. The van der Waals surface area contributed by atoms with Gasteiger partial charge in [-0.1, -0.05) is 24.3 Å². The Morgan fingerprint density at radius 2 is 1.91 bits per heavy atom. The van der Waals surface area contributed by atoms with E-state index in [0.717, 1.165) is 32.4 Å². The number of hydrogen-bond acceptors (Lipinski definition) is 3. The van der Waals surface area contributed by atoms with Crippen LogP contribution in [0.4, 0.5) is 4.79 Å². The first-order valence-electron chi connectivity index (χ1n) is 8.13. The SMILES string of the molecule is CC(C)(C)OC(=O)N1CCC(Cc2cccc(CN)c2)CC1. The van der Waals surface area contributed by atoms with E-state index in [1.807, 2.05) is 25.7 Å². The number of hydrogen-bond donors (Lipinski definition) is 1. The fourth-order valence-electron chi connectivity index (χ4n) is 2.86. The minimum absolute atomic E-state index is 0.184. The maximum atomic E-state index is 12.1. The van der Waals surface area contributed by atoms with Gasteiger partial charge in [0, 0.05) is 19.6 Å². The lowest BCUT2D eigenvalue weighted by Gasteiger charge is -2.33. The molecule has 0 spiro atoms. The molecule has 0 aliphatic carbocycles. The average Bonchev–Trinajstić information content (AvgIpc) is 2.46. The lowest BCUT2D eigenvalue weighted by Crippen LogP contribution is -2.42. The van der Waals surface area contributed by atoms with Crippen LogP contribution in [-0.2, 0) is 17.7 Å². The summed E-state index contributed by atoms with van der Waals surface area (Å²) in [6, 6.07) is 8.50. The van der Waals surface area contributed by atoms with Crippen molar-refractivity contribution in [2.75, 3.05) is 13.1 Å². The molecule has 1 fully saturated rings. The monoisotopic (exact) mass is 304 g/mol. The summed E-state index contributed by atoms with van der Waals surface area (Å²) in [5.41, 5.74) is 7.81. The lowest BCUT2D eigenvalue weighted by molar-refractivity contribution is 0.0184. The summed E-state index contributed by atoms with van der Waals surface area (Å²) in [6.07, 6.45) is 2.95. The summed E-state index contributed by atoms with van der Waals surface area (Å²) in [5.74, 6) is 0.631. The predicted octanol–water partition coefficient (Wildman–Crippen LogP) is 3.33. The van der Waals surface area contributed by atoms with E-state index in [0.29, 0.717) is 12.5 Å². The number of amides is 1. The molecular weight excluding hydrogens is 276 g/mol. The van der Waals surface area contributed by atoms with Crippen LogP contribution in [0.15, 0.2) is 24.3 Å². The predicted molar refractivity (Wildman–Crippen MR) is 88.6 cm³/mol. The molecule has 1 heterocycles. The van der Waals surface area contributed by atoms with Gasteiger partial charge in [-0.05, 0) is 57.1 Å². The zero-order chi connectivity index (χ0) is 16.2. The van der Waals surface area contributed by atoms with Crippen LogP contribution < -0.4 is 5.73 Å². The van der Waals surface area contributed by atoms with E-state index in [9.17, 15) is 4.79 Å². The quantitative estimate of drug-likeness (QED) is 0.932. The Labute approximate surface area is 133 Å². The Morgan fingerprint density at radius 3 is 2.50 bits per heavy atom. The summed E-state index contributed by atoms with van der Waals surface area (Å²) >= 11 is 0. The molecule has 0 bridgehead atoms. The van der Waals surface area contributed by atoms with Gasteiger partial charge < -0.3 is 15.4 Å². The van der Waals surface area contributed by atoms with E-state index >= 15 is 0 Å². The Morgan fingerprint density at radius 1 is 1.27 bits per heavy atom. The molecule has 2 N–H and O–H groups in total. The van der Waals surface area contributed by atoms with Crippen LogP contribution in [0, 0.1) is 5.92 Å². The number of carbonyl (C=O) groups excluding carboxylic acids is 1. The minimum atomic E-state index is -0.420. The lowest BCUT2D eigenvalue weighted by atomic mass is 9.90. The number of nitrogens with zero attached hydrogens (tertiary/aromatic N) is 1. The average molecular weight is 304 g/mol. The molecule has 1 saturated heterocycles.